The molecule has 1 fully saturated rings. The monoisotopic (exact) mass is 269 g/mol. The summed E-state index contributed by atoms with van der Waals surface area (Å²) in [5, 5.41) is 4.20. The minimum atomic E-state index is 0.0629. The summed E-state index contributed by atoms with van der Waals surface area (Å²) in [5.41, 5.74) is 1.09. The van der Waals surface area contributed by atoms with E-state index in [0.717, 1.165) is 22.9 Å². The first kappa shape index (κ1) is 13.7. The van der Waals surface area contributed by atoms with E-state index in [1.807, 2.05) is 25.1 Å². The van der Waals surface area contributed by atoms with Gasteiger partial charge < -0.3 is 14.8 Å². The quantitative estimate of drug-likeness (QED) is 0.915. The molecule has 3 nitrogen and oxygen atoms in total. The minimum Gasteiger partial charge on any atom is -0.491 e. The summed E-state index contributed by atoms with van der Waals surface area (Å²) < 4.78 is 11.5. The maximum Gasteiger partial charge on any atom is 0.119 e. The van der Waals surface area contributed by atoms with E-state index in [9.17, 15) is 0 Å². The largest absolute Gasteiger partial charge is 0.491 e. The molecule has 1 aliphatic rings. The van der Waals surface area contributed by atoms with E-state index in [0.29, 0.717) is 13.2 Å². The van der Waals surface area contributed by atoms with Gasteiger partial charge in [-0.25, -0.2) is 0 Å². The zero-order chi connectivity index (χ0) is 13.2. The Balaban J connectivity index is 1.83. The summed E-state index contributed by atoms with van der Waals surface area (Å²) in [6.07, 6.45) is 0.106. The predicted molar refractivity (Wildman–Crippen MR) is 73.5 cm³/mol. The van der Waals surface area contributed by atoms with Crippen LogP contribution in [0.3, 0.4) is 0 Å². The normalized spacial score (nSPS) is 22.8. The van der Waals surface area contributed by atoms with Crippen molar-refractivity contribution in [1.29, 1.82) is 0 Å². The number of hydrogen-bond acceptors (Lipinski definition) is 3. The van der Waals surface area contributed by atoms with Crippen molar-refractivity contribution in [3.8, 4) is 5.75 Å². The van der Waals surface area contributed by atoms with Crippen molar-refractivity contribution in [1.82, 2.24) is 5.32 Å². The van der Waals surface area contributed by atoms with E-state index in [1.54, 1.807) is 0 Å². The number of ether oxygens (including phenoxy) is 2. The zero-order valence-electron chi connectivity index (χ0n) is 11.1. The first-order valence-corrected chi connectivity index (χ1v) is 6.60. The molecule has 100 valence electrons. The molecular weight excluding hydrogens is 250 g/mol. The molecule has 1 atom stereocenters. The lowest BCUT2D eigenvalue weighted by Crippen LogP contribution is -2.54. The van der Waals surface area contributed by atoms with Crippen LogP contribution in [0.5, 0.6) is 5.75 Å². The molecule has 0 saturated carbocycles. The fraction of sp³-hybridized carbons (Fsp3) is 0.571. The van der Waals surface area contributed by atoms with Gasteiger partial charge in [0, 0.05) is 17.1 Å². The van der Waals surface area contributed by atoms with E-state index < -0.39 is 0 Å². The van der Waals surface area contributed by atoms with E-state index in [1.165, 1.54) is 0 Å². The summed E-state index contributed by atoms with van der Waals surface area (Å²) in [6, 6.07) is 5.69. The first-order valence-electron chi connectivity index (χ1n) is 6.22. The number of rotatable bonds is 3. The molecule has 1 aliphatic heterocycles. The summed E-state index contributed by atoms with van der Waals surface area (Å²) in [4.78, 5) is 0. The minimum absolute atomic E-state index is 0.0629. The van der Waals surface area contributed by atoms with Crippen molar-refractivity contribution < 1.29 is 9.47 Å². The van der Waals surface area contributed by atoms with E-state index in [4.69, 9.17) is 21.1 Å². The Kier molecular flexibility index (Phi) is 4.15. The van der Waals surface area contributed by atoms with Crippen LogP contribution < -0.4 is 10.1 Å². The van der Waals surface area contributed by atoms with Gasteiger partial charge in [-0.3, -0.25) is 0 Å². The van der Waals surface area contributed by atoms with Crippen molar-refractivity contribution in [3.63, 3.8) is 0 Å². The highest BCUT2D eigenvalue weighted by atomic mass is 35.5. The second-order valence-corrected chi connectivity index (χ2v) is 5.83. The Labute approximate surface area is 113 Å². The van der Waals surface area contributed by atoms with Gasteiger partial charge in [-0.2, -0.15) is 0 Å². The third-order valence-electron chi connectivity index (χ3n) is 3.05. The van der Waals surface area contributed by atoms with Crippen molar-refractivity contribution in [2.75, 3.05) is 19.8 Å². The number of halogens is 1. The van der Waals surface area contributed by atoms with Gasteiger partial charge >= 0.3 is 0 Å². The molecule has 1 heterocycles. The van der Waals surface area contributed by atoms with Crippen LogP contribution in [-0.4, -0.2) is 31.4 Å². The summed E-state index contributed by atoms with van der Waals surface area (Å²) in [7, 11) is 0. The third kappa shape index (κ3) is 3.61. The molecule has 1 saturated heterocycles. The molecule has 2 rings (SSSR count). The number of morpholine rings is 1. The Morgan fingerprint density at radius 1 is 1.50 bits per heavy atom. The highest BCUT2D eigenvalue weighted by Crippen LogP contribution is 2.21. The van der Waals surface area contributed by atoms with E-state index >= 15 is 0 Å². The molecule has 18 heavy (non-hydrogen) atoms. The molecule has 0 amide bonds. The van der Waals surface area contributed by atoms with Crippen molar-refractivity contribution >= 4 is 11.6 Å². The van der Waals surface area contributed by atoms with Crippen molar-refractivity contribution in [3.05, 3.63) is 28.8 Å². The highest BCUT2D eigenvalue weighted by molar-refractivity contribution is 6.31. The van der Waals surface area contributed by atoms with Gasteiger partial charge in [0.15, 0.2) is 0 Å². The lowest BCUT2D eigenvalue weighted by atomic mass is 10.1. The molecule has 0 radical (unpaired) electrons. The number of aryl methyl sites for hydroxylation is 1. The highest BCUT2D eigenvalue weighted by Gasteiger charge is 2.26. The first-order chi connectivity index (χ1) is 8.46. The number of hydrogen-bond donors (Lipinski definition) is 1. The lowest BCUT2D eigenvalue weighted by molar-refractivity contribution is -0.0412. The van der Waals surface area contributed by atoms with Crippen molar-refractivity contribution in [2.45, 2.75) is 32.4 Å². The second-order valence-electron chi connectivity index (χ2n) is 5.42. The standard InChI is InChI=1S/C14H20ClNO2/c1-10-6-11(4-5-13(10)15)17-8-12-7-16-14(2,3)9-18-12/h4-6,12,16H,7-9H2,1-3H3. The zero-order valence-corrected chi connectivity index (χ0v) is 11.9. The molecule has 1 aromatic carbocycles. The van der Waals surface area contributed by atoms with Crippen LogP contribution in [0.15, 0.2) is 18.2 Å². The average molecular weight is 270 g/mol. The van der Waals surface area contributed by atoms with Crippen LogP contribution in [0.2, 0.25) is 5.02 Å². The summed E-state index contributed by atoms with van der Waals surface area (Å²) in [6.45, 7) is 8.32. The van der Waals surface area contributed by atoms with E-state index in [2.05, 4.69) is 19.2 Å². The van der Waals surface area contributed by atoms with Crippen LogP contribution in [0, 0.1) is 6.92 Å². The molecule has 0 aromatic heterocycles. The van der Waals surface area contributed by atoms with Crippen LogP contribution in [-0.2, 0) is 4.74 Å². The topological polar surface area (TPSA) is 30.5 Å². The molecule has 1 unspecified atom stereocenters. The van der Waals surface area contributed by atoms with Crippen LogP contribution in [0.4, 0.5) is 0 Å². The van der Waals surface area contributed by atoms with E-state index in [-0.39, 0.29) is 11.6 Å². The fourth-order valence-corrected chi connectivity index (χ4v) is 1.95. The van der Waals surface area contributed by atoms with Crippen LogP contribution in [0.25, 0.3) is 0 Å². The smallest absolute Gasteiger partial charge is 0.119 e. The van der Waals surface area contributed by atoms with Gasteiger partial charge in [-0.15, -0.1) is 0 Å². The van der Waals surface area contributed by atoms with Crippen LogP contribution in [0.1, 0.15) is 19.4 Å². The van der Waals surface area contributed by atoms with Crippen molar-refractivity contribution in [2.24, 2.45) is 0 Å². The fourth-order valence-electron chi connectivity index (χ4n) is 1.83. The second kappa shape index (κ2) is 5.47. The molecule has 1 N–H and O–H groups in total. The van der Waals surface area contributed by atoms with Gasteiger partial charge in [-0.05, 0) is 44.5 Å². The molecule has 0 aliphatic carbocycles. The van der Waals surface area contributed by atoms with Gasteiger partial charge in [0.1, 0.15) is 18.5 Å². The maximum absolute atomic E-state index is 5.97. The Bertz CT molecular complexity index is 410. The summed E-state index contributed by atoms with van der Waals surface area (Å²) in [5.74, 6) is 0.838. The Morgan fingerprint density at radius 3 is 2.89 bits per heavy atom. The van der Waals surface area contributed by atoms with Crippen LogP contribution >= 0.6 is 11.6 Å². The predicted octanol–water partition coefficient (Wildman–Crippen LogP) is 2.79. The number of benzene rings is 1. The van der Waals surface area contributed by atoms with Gasteiger partial charge in [0.25, 0.3) is 0 Å². The SMILES string of the molecule is Cc1cc(OCC2CNC(C)(C)CO2)ccc1Cl. The lowest BCUT2D eigenvalue weighted by Gasteiger charge is -2.35. The molecule has 0 bridgehead atoms. The molecule has 4 heteroatoms. The van der Waals surface area contributed by atoms with Gasteiger partial charge in [0.05, 0.1) is 6.61 Å². The molecular formula is C14H20ClNO2. The average Bonchev–Trinajstić information content (AvgIpc) is 2.32. The number of nitrogens with one attached hydrogen (secondary N) is 1. The maximum atomic E-state index is 5.97. The Morgan fingerprint density at radius 2 is 2.28 bits per heavy atom. The summed E-state index contributed by atoms with van der Waals surface area (Å²) >= 11 is 5.97. The third-order valence-corrected chi connectivity index (χ3v) is 3.48. The van der Waals surface area contributed by atoms with Gasteiger partial charge in [-0.1, -0.05) is 11.6 Å². The van der Waals surface area contributed by atoms with Gasteiger partial charge in [0.2, 0.25) is 0 Å². The molecule has 1 aromatic rings. The Hall–Kier alpha value is -0.770. The molecule has 0 spiro atoms.